The summed E-state index contributed by atoms with van der Waals surface area (Å²) in [5.74, 6) is 1.53. The number of aryl methyl sites for hydroxylation is 1. The maximum Gasteiger partial charge on any atom is 0.140 e. The van der Waals surface area contributed by atoms with Gasteiger partial charge in [-0.1, -0.05) is 105 Å². The first kappa shape index (κ1) is 24.0. The number of aromatic nitrogens is 2. The first-order valence-corrected chi connectivity index (χ1v) is 12.6. The molecule has 1 aromatic heterocycles. The van der Waals surface area contributed by atoms with Crippen LogP contribution in [-0.4, -0.2) is 21.0 Å². The Bertz CT molecular complexity index is 1150. The van der Waals surface area contributed by atoms with Crippen molar-refractivity contribution in [2.75, 3.05) is 6.54 Å². The van der Waals surface area contributed by atoms with Crippen LogP contribution in [0.15, 0.2) is 91.1 Å². The zero-order valence-corrected chi connectivity index (χ0v) is 20.8. The second-order valence-corrected chi connectivity index (χ2v) is 9.36. The van der Waals surface area contributed by atoms with Crippen LogP contribution in [0.1, 0.15) is 55.0 Å². The van der Waals surface area contributed by atoms with Crippen molar-refractivity contribution in [1.29, 1.82) is 0 Å². The largest absolute Gasteiger partial charge is 0.327 e. The topological polar surface area (TPSA) is 21.1 Å². The summed E-state index contributed by atoms with van der Waals surface area (Å²) in [6.07, 6.45) is 4.42. The molecular formula is C31H37N3. The van der Waals surface area contributed by atoms with E-state index in [2.05, 4.69) is 121 Å². The number of hydrogen-bond acceptors (Lipinski definition) is 2. The van der Waals surface area contributed by atoms with Crippen LogP contribution < -0.4 is 0 Å². The number of imidazole rings is 1. The molecule has 0 aliphatic rings. The molecule has 0 amide bonds. The zero-order valence-electron chi connectivity index (χ0n) is 20.8. The van der Waals surface area contributed by atoms with Gasteiger partial charge in [-0.2, -0.15) is 0 Å². The molecule has 4 rings (SSSR count). The van der Waals surface area contributed by atoms with E-state index in [0.29, 0.717) is 5.92 Å². The summed E-state index contributed by atoms with van der Waals surface area (Å²) in [6.45, 7) is 10.6. The van der Waals surface area contributed by atoms with Crippen LogP contribution in [0.5, 0.6) is 0 Å². The minimum atomic E-state index is 0.450. The lowest BCUT2D eigenvalue weighted by Gasteiger charge is -2.27. The second-order valence-electron chi connectivity index (χ2n) is 9.36. The Morgan fingerprint density at radius 3 is 2.24 bits per heavy atom. The maximum atomic E-state index is 4.89. The van der Waals surface area contributed by atoms with E-state index < -0.39 is 0 Å². The molecule has 0 saturated heterocycles. The number of hydrogen-bond donors (Lipinski definition) is 0. The lowest BCUT2D eigenvalue weighted by atomic mass is 9.96. The Labute approximate surface area is 205 Å². The monoisotopic (exact) mass is 451 g/mol. The molecule has 4 aromatic rings. The predicted octanol–water partition coefficient (Wildman–Crippen LogP) is 7.46. The highest BCUT2D eigenvalue weighted by Crippen LogP contribution is 2.25. The summed E-state index contributed by atoms with van der Waals surface area (Å²) in [7, 11) is 0. The van der Waals surface area contributed by atoms with E-state index >= 15 is 0 Å². The Hall–Kier alpha value is -3.17. The molecule has 0 saturated carbocycles. The van der Waals surface area contributed by atoms with Crippen LogP contribution in [0.3, 0.4) is 0 Å². The highest BCUT2D eigenvalue weighted by Gasteiger charge is 2.18. The highest BCUT2D eigenvalue weighted by molar-refractivity contribution is 5.55. The van der Waals surface area contributed by atoms with Gasteiger partial charge in [0.2, 0.25) is 0 Å². The van der Waals surface area contributed by atoms with E-state index in [1.165, 1.54) is 34.4 Å². The highest BCUT2D eigenvalue weighted by atomic mass is 15.2. The van der Waals surface area contributed by atoms with Gasteiger partial charge in [-0.05, 0) is 36.0 Å². The van der Waals surface area contributed by atoms with E-state index in [1.54, 1.807) is 0 Å². The third-order valence-electron chi connectivity index (χ3n) is 6.59. The molecule has 1 heterocycles. The van der Waals surface area contributed by atoms with E-state index in [-0.39, 0.29) is 0 Å². The fourth-order valence-electron chi connectivity index (χ4n) is 4.80. The normalized spacial score (nSPS) is 12.2. The molecule has 3 nitrogen and oxygen atoms in total. The van der Waals surface area contributed by atoms with Crippen molar-refractivity contribution in [2.45, 2.75) is 59.2 Å². The predicted molar refractivity (Wildman–Crippen MR) is 143 cm³/mol. The Morgan fingerprint density at radius 2 is 1.53 bits per heavy atom. The molecule has 1 atom stereocenters. The standard InChI is InChI=1S/C31H37N3/c1-4-5-20-34-29(21-32-31(34)28-17-10-7-11-18-28)24-33(23-27-15-8-6-9-16-27)22-26(3)30-19-13-12-14-25(30)2/h6-19,21,26H,4-5,20,22-24H2,1-3H3. The molecule has 34 heavy (non-hydrogen) atoms. The lowest BCUT2D eigenvalue weighted by molar-refractivity contribution is 0.237. The van der Waals surface area contributed by atoms with Crippen molar-refractivity contribution in [1.82, 2.24) is 14.5 Å². The Morgan fingerprint density at radius 1 is 0.853 bits per heavy atom. The molecule has 1 unspecified atom stereocenters. The van der Waals surface area contributed by atoms with Crippen molar-refractivity contribution in [3.63, 3.8) is 0 Å². The van der Waals surface area contributed by atoms with Gasteiger partial charge in [-0.15, -0.1) is 0 Å². The van der Waals surface area contributed by atoms with Crippen LogP contribution in [-0.2, 0) is 19.6 Å². The second kappa shape index (κ2) is 11.8. The van der Waals surface area contributed by atoms with Crippen molar-refractivity contribution in [3.05, 3.63) is 114 Å². The fourth-order valence-corrected chi connectivity index (χ4v) is 4.80. The molecule has 0 bridgehead atoms. The van der Waals surface area contributed by atoms with Gasteiger partial charge < -0.3 is 4.57 Å². The molecule has 3 aromatic carbocycles. The average Bonchev–Trinajstić information content (AvgIpc) is 3.26. The molecule has 0 aliphatic carbocycles. The Balaban J connectivity index is 1.62. The van der Waals surface area contributed by atoms with Crippen LogP contribution in [0.2, 0.25) is 0 Å². The van der Waals surface area contributed by atoms with Crippen molar-refractivity contribution in [3.8, 4) is 11.4 Å². The molecular weight excluding hydrogens is 414 g/mol. The van der Waals surface area contributed by atoms with Gasteiger partial charge in [-0.3, -0.25) is 4.90 Å². The van der Waals surface area contributed by atoms with Gasteiger partial charge in [0.15, 0.2) is 0 Å². The SMILES string of the molecule is CCCCn1c(CN(Cc2ccccc2)CC(C)c2ccccc2C)cnc1-c1ccccc1. The number of nitrogens with zero attached hydrogens (tertiary/aromatic N) is 3. The molecule has 0 spiro atoms. The number of rotatable bonds is 11. The molecule has 0 fully saturated rings. The summed E-state index contributed by atoms with van der Waals surface area (Å²) in [5, 5.41) is 0. The number of benzene rings is 3. The lowest BCUT2D eigenvalue weighted by Crippen LogP contribution is -2.28. The van der Waals surface area contributed by atoms with Gasteiger partial charge in [0.25, 0.3) is 0 Å². The first-order chi connectivity index (χ1) is 16.7. The zero-order chi connectivity index (χ0) is 23.8. The van der Waals surface area contributed by atoms with Crippen molar-refractivity contribution < 1.29 is 0 Å². The molecule has 0 aliphatic heterocycles. The van der Waals surface area contributed by atoms with Gasteiger partial charge >= 0.3 is 0 Å². The van der Waals surface area contributed by atoms with Crippen molar-refractivity contribution in [2.24, 2.45) is 0 Å². The minimum absolute atomic E-state index is 0.450. The summed E-state index contributed by atoms with van der Waals surface area (Å²) in [4.78, 5) is 7.47. The van der Waals surface area contributed by atoms with Crippen LogP contribution >= 0.6 is 0 Å². The van der Waals surface area contributed by atoms with Gasteiger partial charge in [0.1, 0.15) is 5.82 Å². The van der Waals surface area contributed by atoms with Crippen molar-refractivity contribution >= 4 is 0 Å². The summed E-state index contributed by atoms with van der Waals surface area (Å²) in [6, 6.07) is 30.2. The quantitative estimate of drug-likeness (QED) is 0.236. The molecule has 176 valence electrons. The number of unbranched alkanes of at least 4 members (excludes halogenated alkanes) is 1. The van der Waals surface area contributed by atoms with Gasteiger partial charge in [0, 0.05) is 31.7 Å². The van der Waals surface area contributed by atoms with Crippen LogP contribution in [0.4, 0.5) is 0 Å². The van der Waals surface area contributed by atoms with E-state index in [0.717, 1.165) is 38.4 Å². The molecule has 0 N–H and O–H groups in total. The van der Waals surface area contributed by atoms with Gasteiger partial charge in [-0.25, -0.2) is 4.98 Å². The summed E-state index contributed by atoms with van der Waals surface area (Å²) >= 11 is 0. The van der Waals surface area contributed by atoms with Gasteiger partial charge in [0.05, 0.1) is 11.9 Å². The third-order valence-corrected chi connectivity index (χ3v) is 6.59. The third kappa shape index (κ3) is 6.03. The van der Waals surface area contributed by atoms with Crippen LogP contribution in [0, 0.1) is 6.92 Å². The first-order valence-electron chi connectivity index (χ1n) is 12.6. The summed E-state index contributed by atoms with van der Waals surface area (Å²) < 4.78 is 2.44. The smallest absolute Gasteiger partial charge is 0.140 e. The van der Waals surface area contributed by atoms with Crippen LogP contribution in [0.25, 0.3) is 11.4 Å². The van der Waals surface area contributed by atoms with E-state index in [1.807, 2.05) is 0 Å². The molecule has 0 radical (unpaired) electrons. The van der Waals surface area contributed by atoms with E-state index in [9.17, 15) is 0 Å². The van der Waals surface area contributed by atoms with E-state index in [4.69, 9.17) is 4.98 Å². The minimum Gasteiger partial charge on any atom is -0.327 e. The maximum absolute atomic E-state index is 4.89. The Kier molecular flexibility index (Phi) is 8.32. The molecule has 3 heteroatoms. The average molecular weight is 452 g/mol. The fraction of sp³-hybridized carbons (Fsp3) is 0.323. The summed E-state index contributed by atoms with van der Waals surface area (Å²) in [5.41, 5.74) is 6.63.